The van der Waals surface area contributed by atoms with Crippen molar-refractivity contribution in [1.29, 1.82) is 0 Å². The summed E-state index contributed by atoms with van der Waals surface area (Å²) in [5, 5.41) is 0. The Kier molecular flexibility index (Phi) is 33.4. The van der Waals surface area contributed by atoms with Crippen molar-refractivity contribution in [3.05, 3.63) is 12.2 Å². The van der Waals surface area contributed by atoms with E-state index >= 15 is 0 Å². The van der Waals surface area contributed by atoms with Crippen molar-refractivity contribution in [2.45, 2.75) is 201 Å². The van der Waals surface area contributed by atoms with E-state index in [0.717, 1.165) is 31.6 Å². The average molecular weight is 565 g/mol. The minimum atomic E-state index is -0.479. The minimum Gasteiger partial charge on any atom is -0.434 e. The molecule has 0 aromatic rings. The van der Waals surface area contributed by atoms with Crippen LogP contribution in [-0.2, 0) is 9.47 Å². The summed E-state index contributed by atoms with van der Waals surface area (Å²) in [6.45, 7) is 7.93. The number of hydrogen-bond acceptors (Lipinski definition) is 3. The molecule has 0 spiro atoms. The number of carbonyl (C=O) groups is 1. The van der Waals surface area contributed by atoms with E-state index < -0.39 is 6.16 Å². The second kappa shape index (κ2) is 34.2. The van der Waals surface area contributed by atoms with Gasteiger partial charge in [0.25, 0.3) is 0 Å². The number of carbonyl (C=O) groups excluding carboxylic acids is 1. The lowest BCUT2D eigenvalue weighted by Crippen LogP contribution is -2.09. The smallest absolute Gasteiger partial charge is 0.434 e. The Labute approximate surface area is 252 Å². The zero-order valence-electron chi connectivity index (χ0n) is 27.7. The quantitative estimate of drug-likeness (QED) is 0.0463. The van der Waals surface area contributed by atoms with E-state index in [-0.39, 0.29) is 0 Å². The zero-order valence-corrected chi connectivity index (χ0v) is 27.7. The van der Waals surface area contributed by atoms with E-state index in [2.05, 4.69) is 32.9 Å². The Bertz CT molecular complexity index is 514. The van der Waals surface area contributed by atoms with Gasteiger partial charge in [-0.15, -0.1) is 0 Å². The highest BCUT2D eigenvalue weighted by atomic mass is 16.7. The highest BCUT2D eigenvalue weighted by Gasteiger charge is 2.03. The van der Waals surface area contributed by atoms with Crippen LogP contribution in [0.15, 0.2) is 12.2 Å². The first-order chi connectivity index (χ1) is 19.7. The molecule has 0 amide bonds. The molecular formula is C37H72O3. The van der Waals surface area contributed by atoms with Gasteiger partial charge in [0.05, 0.1) is 13.2 Å². The lowest BCUT2D eigenvalue weighted by molar-refractivity contribution is 0.0529. The molecule has 0 aliphatic carbocycles. The third-order valence-corrected chi connectivity index (χ3v) is 8.02. The summed E-state index contributed by atoms with van der Waals surface area (Å²) in [6, 6.07) is 0. The van der Waals surface area contributed by atoms with Crippen LogP contribution in [-0.4, -0.2) is 19.4 Å². The minimum absolute atomic E-state index is 0.479. The van der Waals surface area contributed by atoms with E-state index in [1.165, 1.54) is 154 Å². The van der Waals surface area contributed by atoms with Crippen molar-refractivity contribution in [3.63, 3.8) is 0 Å². The Balaban J connectivity index is 3.19. The monoisotopic (exact) mass is 565 g/mol. The van der Waals surface area contributed by atoms with E-state index in [4.69, 9.17) is 9.47 Å². The van der Waals surface area contributed by atoms with Gasteiger partial charge in [0.2, 0.25) is 0 Å². The normalized spacial score (nSPS) is 11.6. The van der Waals surface area contributed by atoms with Crippen molar-refractivity contribution in [2.24, 2.45) is 5.92 Å². The molecule has 3 nitrogen and oxygen atoms in total. The van der Waals surface area contributed by atoms with Crippen molar-refractivity contribution in [1.82, 2.24) is 0 Å². The lowest BCUT2D eigenvalue weighted by Gasteiger charge is -2.07. The maximum atomic E-state index is 11.7. The molecule has 0 heterocycles. The second-order valence-corrected chi connectivity index (χ2v) is 12.7. The summed E-state index contributed by atoms with van der Waals surface area (Å²) in [5.41, 5.74) is 0. The van der Waals surface area contributed by atoms with Gasteiger partial charge in [-0.3, -0.25) is 0 Å². The van der Waals surface area contributed by atoms with Crippen LogP contribution in [0.25, 0.3) is 0 Å². The van der Waals surface area contributed by atoms with Crippen LogP contribution < -0.4 is 0 Å². The van der Waals surface area contributed by atoms with Gasteiger partial charge >= 0.3 is 6.16 Å². The Morgan fingerprint density at radius 1 is 0.475 bits per heavy atom. The summed E-state index contributed by atoms with van der Waals surface area (Å²) in [5.74, 6) is 0.867. The van der Waals surface area contributed by atoms with E-state index in [0.29, 0.717) is 13.2 Å². The van der Waals surface area contributed by atoms with Crippen LogP contribution in [0.4, 0.5) is 4.79 Å². The predicted molar refractivity (Wildman–Crippen MR) is 176 cm³/mol. The fourth-order valence-corrected chi connectivity index (χ4v) is 5.30. The third kappa shape index (κ3) is 35.0. The molecule has 0 atom stereocenters. The van der Waals surface area contributed by atoms with Crippen LogP contribution in [0.3, 0.4) is 0 Å². The Hall–Kier alpha value is -0.990. The van der Waals surface area contributed by atoms with Gasteiger partial charge in [-0.1, -0.05) is 174 Å². The summed E-state index contributed by atoms with van der Waals surface area (Å²) >= 11 is 0. The standard InChI is InChI=1S/C37H72O3/c1-4-5-6-7-8-9-10-11-12-13-16-19-22-25-28-31-34-39-37(38)40-35-32-29-26-23-20-17-14-15-18-21-24-27-30-33-36(2)3/h11-12,36H,4-10,13-35H2,1-3H3. The van der Waals surface area contributed by atoms with Gasteiger partial charge in [-0.25, -0.2) is 4.79 Å². The van der Waals surface area contributed by atoms with Crippen molar-refractivity contribution < 1.29 is 14.3 Å². The Morgan fingerprint density at radius 3 is 1.18 bits per heavy atom. The molecule has 238 valence electrons. The molecule has 0 aliphatic heterocycles. The molecule has 0 saturated heterocycles. The zero-order chi connectivity index (χ0) is 29.2. The topological polar surface area (TPSA) is 35.5 Å². The number of hydrogen-bond donors (Lipinski definition) is 0. The van der Waals surface area contributed by atoms with Crippen LogP contribution in [0.2, 0.25) is 0 Å². The SMILES string of the molecule is CCCCCCCCC=CCCCCCCCCOC(=O)OCCCCCCCCCCCCCCCC(C)C. The lowest BCUT2D eigenvalue weighted by atomic mass is 10.0. The van der Waals surface area contributed by atoms with Crippen molar-refractivity contribution in [2.75, 3.05) is 13.2 Å². The van der Waals surface area contributed by atoms with Crippen LogP contribution >= 0.6 is 0 Å². The number of allylic oxidation sites excluding steroid dienone is 2. The number of ether oxygens (including phenoxy) is 2. The second-order valence-electron chi connectivity index (χ2n) is 12.7. The maximum absolute atomic E-state index is 11.7. The highest BCUT2D eigenvalue weighted by molar-refractivity contribution is 5.59. The molecule has 0 bridgehead atoms. The summed E-state index contributed by atoms with van der Waals surface area (Å²) < 4.78 is 10.4. The molecule has 0 aromatic carbocycles. The van der Waals surface area contributed by atoms with Crippen molar-refractivity contribution in [3.8, 4) is 0 Å². The molecule has 0 fully saturated rings. The molecule has 3 heteroatoms. The highest BCUT2D eigenvalue weighted by Crippen LogP contribution is 2.15. The van der Waals surface area contributed by atoms with Gasteiger partial charge in [0.15, 0.2) is 0 Å². The van der Waals surface area contributed by atoms with Gasteiger partial charge in [0, 0.05) is 0 Å². The molecule has 0 saturated carbocycles. The largest absolute Gasteiger partial charge is 0.508 e. The van der Waals surface area contributed by atoms with Gasteiger partial charge in [-0.05, 0) is 44.4 Å². The van der Waals surface area contributed by atoms with E-state index in [1.807, 2.05) is 0 Å². The summed E-state index contributed by atoms with van der Waals surface area (Å²) in [6.07, 6.45) is 41.0. The predicted octanol–water partition coefficient (Wildman–Crippen LogP) is 13.3. The van der Waals surface area contributed by atoms with Gasteiger partial charge in [-0.2, -0.15) is 0 Å². The van der Waals surface area contributed by atoms with Crippen LogP contribution in [0, 0.1) is 5.92 Å². The third-order valence-electron chi connectivity index (χ3n) is 8.02. The van der Waals surface area contributed by atoms with Crippen molar-refractivity contribution >= 4 is 6.16 Å². The molecular weight excluding hydrogens is 492 g/mol. The maximum Gasteiger partial charge on any atom is 0.508 e. The fourth-order valence-electron chi connectivity index (χ4n) is 5.30. The molecule has 0 radical (unpaired) electrons. The molecule has 0 aromatic heterocycles. The van der Waals surface area contributed by atoms with Gasteiger partial charge < -0.3 is 9.47 Å². The molecule has 0 unspecified atom stereocenters. The van der Waals surface area contributed by atoms with Crippen LogP contribution in [0.1, 0.15) is 201 Å². The van der Waals surface area contributed by atoms with E-state index in [1.54, 1.807) is 0 Å². The summed E-state index contributed by atoms with van der Waals surface area (Å²) in [7, 11) is 0. The van der Waals surface area contributed by atoms with Gasteiger partial charge in [0.1, 0.15) is 0 Å². The first-order valence-electron chi connectivity index (χ1n) is 18.1. The molecule has 0 rings (SSSR count). The summed E-state index contributed by atoms with van der Waals surface area (Å²) in [4.78, 5) is 11.7. The average Bonchev–Trinajstić information content (AvgIpc) is 2.94. The van der Waals surface area contributed by atoms with E-state index in [9.17, 15) is 4.79 Å². The molecule has 0 N–H and O–H groups in total. The Morgan fingerprint density at radius 2 is 0.800 bits per heavy atom. The molecule has 0 aliphatic rings. The molecule has 40 heavy (non-hydrogen) atoms. The number of unbranched alkanes of at least 4 members (excludes halogenated alkanes) is 24. The first-order valence-corrected chi connectivity index (χ1v) is 18.1. The fraction of sp³-hybridized carbons (Fsp3) is 0.919. The first kappa shape index (κ1) is 39.0. The van der Waals surface area contributed by atoms with Crippen LogP contribution in [0.5, 0.6) is 0 Å². The number of rotatable bonds is 32.